The number of fused-ring (bicyclic) bond motifs is 1. The third-order valence-corrected chi connectivity index (χ3v) is 6.94. The first-order valence-electron chi connectivity index (χ1n) is 10.2. The van der Waals surface area contributed by atoms with Crippen molar-refractivity contribution >= 4 is 20.7 Å². The molecule has 4 rings (SSSR count). The fourth-order valence-corrected chi connectivity index (χ4v) is 5.05. The number of ether oxygens (including phenoxy) is 1. The van der Waals surface area contributed by atoms with E-state index < -0.39 is 26.0 Å². The fraction of sp³-hybridized carbons (Fsp3) is 0.160. The largest absolute Gasteiger partial charge is 0.494 e. The van der Waals surface area contributed by atoms with Crippen LogP contribution in [0.2, 0.25) is 0 Å². The van der Waals surface area contributed by atoms with Crippen molar-refractivity contribution in [3.8, 4) is 5.75 Å². The van der Waals surface area contributed by atoms with E-state index in [9.17, 15) is 17.6 Å². The molecule has 0 saturated carbocycles. The molecule has 164 valence electrons. The summed E-state index contributed by atoms with van der Waals surface area (Å²) in [4.78, 5) is 12.7. The van der Waals surface area contributed by atoms with Gasteiger partial charge in [0, 0.05) is 18.1 Å². The Labute approximate surface area is 185 Å². The molecule has 0 saturated heterocycles. The summed E-state index contributed by atoms with van der Waals surface area (Å²) < 4.78 is 47.8. The van der Waals surface area contributed by atoms with Gasteiger partial charge in [-0.25, -0.2) is 12.8 Å². The smallest absolute Gasteiger partial charge is 0.211 e. The Hall–Kier alpha value is -3.45. The third kappa shape index (κ3) is 4.16. The molecule has 3 aromatic carbocycles. The number of benzene rings is 3. The number of halogens is 1. The van der Waals surface area contributed by atoms with Crippen LogP contribution in [0.1, 0.15) is 18.1 Å². The number of hydrogen-bond donors (Lipinski definition) is 0. The fourth-order valence-electron chi connectivity index (χ4n) is 3.68. The number of nitrogens with zero attached hydrogens (tertiary/aromatic N) is 1. The second-order valence-electron chi connectivity index (χ2n) is 7.51. The Morgan fingerprint density at radius 3 is 2.44 bits per heavy atom. The molecule has 0 bridgehead atoms. The molecule has 0 unspecified atom stereocenters. The average Bonchev–Trinajstić information content (AvgIpc) is 2.76. The highest BCUT2D eigenvalue weighted by molar-refractivity contribution is 7.91. The summed E-state index contributed by atoms with van der Waals surface area (Å²) >= 11 is 0. The first kappa shape index (κ1) is 21.8. The van der Waals surface area contributed by atoms with Gasteiger partial charge in [-0.2, -0.15) is 0 Å². The van der Waals surface area contributed by atoms with Gasteiger partial charge in [0.15, 0.2) is 0 Å². The SMILES string of the molecule is CCOc1ccc(S(=O)(=O)c2cn(Cc3cccc(C)c3)c3ccc(F)cc3c2=O)cc1. The van der Waals surface area contributed by atoms with Crippen LogP contribution in [-0.4, -0.2) is 19.6 Å². The maximum absolute atomic E-state index is 14.0. The maximum Gasteiger partial charge on any atom is 0.211 e. The molecule has 32 heavy (non-hydrogen) atoms. The van der Waals surface area contributed by atoms with E-state index in [4.69, 9.17) is 4.74 Å². The number of aryl methyl sites for hydroxylation is 1. The van der Waals surface area contributed by atoms with Crippen molar-refractivity contribution < 1.29 is 17.5 Å². The summed E-state index contributed by atoms with van der Waals surface area (Å²) in [5, 5.41) is 0.0182. The predicted octanol–water partition coefficient (Wildman–Crippen LogP) is 4.73. The van der Waals surface area contributed by atoms with Crippen molar-refractivity contribution in [2.45, 2.75) is 30.2 Å². The van der Waals surface area contributed by atoms with Crippen molar-refractivity contribution in [3.63, 3.8) is 0 Å². The highest BCUT2D eigenvalue weighted by Crippen LogP contribution is 2.24. The molecule has 5 nitrogen and oxygen atoms in total. The van der Waals surface area contributed by atoms with E-state index in [2.05, 4.69) is 0 Å². The van der Waals surface area contributed by atoms with Gasteiger partial charge in [-0.15, -0.1) is 0 Å². The van der Waals surface area contributed by atoms with E-state index >= 15 is 0 Å². The van der Waals surface area contributed by atoms with Crippen LogP contribution in [0.25, 0.3) is 10.9 Å². The summed E-state index contributed by atoms with van der Waals surface area (Å²) in [5.41, 5.74) is 1.72. The highest BCUT2D eigenvalue weighted by Gasteiger charge is 2.24. The molecule has 0 radical (unpaired) electrons. The molecule has 0 aliphatic heterocycles. The highest BCUT2D eigenvalue weighted by atomic mass is 32.2. The van der Waals surface area contributed by atoms with Crippen LogP contribution in [0.5, 0.6) is 5.75 Å². The molecule has 0 fully saturated rings. The molecule has 0 aliphatic carbocycles. The minimum absolute atomic E-state index is 0.0182. The maximum atomic E-state index is 14.0. The molecular formula is C25H22FNO4S. The number of hydrogen-bond acceptors (Lipinski definition) is 4. The van der Waals surface area contributed by atoms with Crippen molar-refractivity contribution in [1.29, 1.82) is 0 Å². The summed E-state index contributed by atoms with van der Waals surface area (Å²) in [5.74, 6) is -0.0730. The second kappa shape index (κ2) is 8.59. The Balaban J connectivity index is 1.90. The average molecular weight is 452 g/mol. The monoisotopic (exact) mass is 451 g/mol. The molecule has 4 aromatic rings. The number of aromatic nitrogens is 1. The Morgan fingerprint density at radius 1 is 1.00 bits per heavy atom. The van der Waals surface area contributed by atoms with E-state index in [0.717, 1.165) is 17.2 Å². The van der Waals surface area contributed by atoms with Crippen LogP contribution in [-0.2, 0) is 16.4 Å². The lowest BCUT2D eigenvalue weighted by Crippen LogP contribution is -2.20. The summed E-state index contributed by atoms with van der Waals surface area (Å²) in [7, 11) is -4.14. The lowest BCUT2D eigenvalue weighted by atomic mass is 10.1. The molecule has 7 heteroatoms. The Bertz CT molecular complexity index is 1460. The van der Waals surface area contributed by atoms with Crippen LogP contribution in [0.15, 0.2) is 87.5 Å². The van der Waals surface area contributed by atoms with Gasteiger partial charge in [-0.1, -0.05) is 29.8 Å². The van der Waals surface area contributed by atoms with E-state index in [1.165, 1.54) is 30.5 Å². The third-order valence-electron chi connectivity index (χ3n) is 5.18. The van der Waals surface area contributed by atoms with E-state index in [0.29, 0.717) is 24.4 Å². The zero-order valence-electron chi connectivity index (χ0n) is 17.7. The summed E-state index contributed by atoms with van der Waals surface area (Å²) in [6.45, 7) is 4.57. The standard InChI is InChI=1S/C25H22FNO4S/c1-3-31-20-8-10-21(11-9-20)32(29,30)24-16-27(15-18-6-4-5-17(2)13-18)23-12-7-19(26)14-22(23)25(24)28/h4-14,16H,3,15H2,1-2H3. The molecule has 0 N–H and O–H groups in total. The minimum Gasteiger partial charge on any atom is -0.494 e. The lowest BCUT2D eigenvalue weighted by molar-refractivity contribution is 0.340. The first-order valence-corrected chi connectivity index (χ1v) is 11.6. The van der Waals surface area contributed by atoms with Crippen molar-refractivity contribution in [3.05, 3.63) is 100 Å². The molecule has 0 amide bonds. The molecular weight excluding hydrogens is 429 g/mol. The van der Waals surface area contributed by atoms with E-state index in [1.807, 2.05) is 38.1 Å². The Kier molecular flexibility index (Phi) is 5.84. The zero-order chi connectivity index (χ0) is 22.9. The quantitative estimate of drug-likeness (QED) is 0.425. The van der Waals surface area contributed by atoms with Crippen LogP contribution >= 0.6 is 0 Å². The van der Waals surface area contributed by atoms with Crippen LogP contribution < -0.4 is 10.2 Å². The Morgan fingerprint density at radius 2 is 1.75 bits per heavy atom. The van der Waals surface area contributed by atoms with Crippen LogP contribution in [0, 0.1) is 12.7 Å². The predicted molar refractivity (Wildman–Crippen MR) is 122 cm³/mol. The van der Waals surface area contributed by atoms with Crippen LogP contribution in [0.3, 0.4) is 0 Å². The zero-order valence-corrected chi connectivity index (χ0v) is 18.5. The molecule has 1 aromatic heterocycles. The van der Waals surface area contributed by atoms with Crippen LogP contribution in [0.4, 0.5) is 4.39 Å². The normalized spacial score (nSPS) is 11.6. The first-order chi connectivity index (χ1) is 15.3. The molecule has 0 atom stereocenters. The number of pyridine rings is 1. The second-order valence-corrected chi connectivity index (χ2v) is 9.43. The van der Waals surface area contributed by atoms with Gasteiger partial charge in [0.05, 0.1) is 17.0 Å². The van der Waals surface area contributed by atoms with Gasteiger partial charge < -0.3 is 9.30 Å². The number of sulfone groups is 1. The molecule has 0 aliphatic rings. The summed E-state index contributed by atoms with van der Waals surface area (Å²) in [6, 6.07) is 17.5. The van der Waals surface area contributed by atoms with Gasteiger partial charge in [-0.3, -0.25) is 4.79 Å². The van der Waals surface area contributed by atoms with Gasteiger partial charge in [0.1, 0.15) is 16.5 Å². The van der Waals surface area contributed by atoms with Crippen molar-refractivity contribution in [2.75, 3.05) is 6.61 Å². The molecule has 1 heterocycles. The minimum atomic E-state index is -4.14. The van der Waals surface area contributed by atoms with E-state index in [-0.39, 0.29) is 10.3 Å². The van der Waals surface area contributed by atoms with E-state index in [1.54, 1.807) is 16.7 Å². The van der Waals surface area contributed by atoms with Gasteiger partial charge >= 0.3 is 0 Å². The van der Waals surface area contributed by atoms with Crippen molar-refractivity contribution in [1.82, 2.24) is 4.57 Å². The van der Waals surface area contributed by atoms with Crippen molar-refractivity contribution in [2.24, 2.45) is 0 Å². The topological polar surface area (TPSA) is 65.4 Å². The van der Waals surface area contributed by atoms with Gasteiger partial charge in [0.25, 0.3) is 0 Å². The molecule has 0 spiro atoms. The lowest BCUT2D eigenvalue weighted by Gasteiger charge is -2.15. The van der Waals surface area contributed by atoms with Gasteiger partial charge in [-0.05, 0) is 61.9 Å². The van der Waals surface area contributed by atoms with Gasteiger partial charge in [0.2, 0.25) is 15.3 Å². The number of rotatable bonds is 6. The summed E-state index contributed by atoms with van der Waals surface area (Å²) in [6.07, 6.45) is 1.34.